The summed E-state index contributed by atoms with van der Waals surface area (Å²) in [5.41, 5.74) is 3.99. The minimum atomic E-state index is 0.274. The SMILES string of the molecule is Cc1ccc(C)c(C(Br)c2sc(C)cc2Br)c1. The quantitative estimate of drug-likeness (QED) is 0.573. The first-order chi connectivity index (χ1) is 7.99. The Morgan fingerprint density at radius 3 is 2.41 bits per heavy atom. The third kappa shape index (κ3) is 2.83. The molecule has 0 bridgehead atoms. The predicted octanol–water partition coefficient (Wildman–Crippen LogP) is 5.92. The van der Waals surface area contributed by atoms with Gasteiger partial charge in [0.1, 0.15) is 0 Å². The maximum atomic E-state index is 3.82. The van der Waals surface area contributed by atoms with E-state index in [0.29, 0.717) is 0 Å². The van der Waals surface area contributed by atoms with Gasteiger partial charge in [0.05, 0.1) is 4.83 Å². The van der Waals surface area contributed by atoms with Crippen LogP contribution in [0.4, 0.5) is 0 Å². The molecule has 1 aromatic carbocycles. The van der Waals surface area contributed by atoms with Crippen molar-refractivity contribution in [1.29, 1.82) is 0 Å². The molecule has 1 heterocycles. The van der Waals surface area contributed by atoms with E-state index in [0.717, 1.165) is 0 Å². The summed E-state index contributed by atoms with van der Waals surface area (Å²) in [4.78, 5) is 2.95. The summed E-state index contributed by atoms with van der Waals surface area (Å²) in [6.07, 6.45) is 0. The van der Waals surface area contributed by atoms with Gasteiger partial charge in [-0.15, -0.1) is 11.3 Å². The van der Waals surface area contributed by atoms with Crippen LogP contribution in [-0.4, -0.2) is 0 Å². The van der Waals surface area contributed by atoms with E-state index in [1.165, 1.54) is 30.9 Å². The van der Waals surface area contributed by atoms with Crippen LogP contribution in [0.2, 0.25) is 0 Å². The van der Waals surface area contributed by atoms with E-state index in [1.54, 1.807) is 0 Å². The molecule has 0 fully saturated rings. The molecular weight excluding hydrogens is 360 g/mol. The Bertz CT molecular complexity index is 543. The summed E-state index contributed by atoms with van der Waals surface area (Å²) < 4.78 is 1.20. The third-order valence-electron chi connectivity index (χ3n) is 2.77. The summed E-state index contributed by atoms with van der Waals surface area (Å²) >= 11 is 9.30. The second-order valence-electron chi connectivity index (χ2n) is 4.29. The average molecular weight is 374 g/mol. The van der Waals surface area contributed by atoms with E-state index >= 15 is 0 Å². The lowest BCUT2D eigenvalue weighted by Gasteiger charge is -2.13. The standard InChI is InChI=1S/C14H14Br2S/c1-8-4-5-9(2)11(6-8)13(16)14-12(15)7-10(3)17-14/h4-7,13H,1-3H3. The van der Waals surface area contributed by atoms with Crippen molar-refractivity contribution < 1.29 is 0 Å². The zero-order chi connectivity index (χ0) is 12.6. The lowest BCUT2D eigenvalue weighted by molar-refractivity contribution is 1.16. The summed E-state index contributed by atoms with van der Waals surface area (Å²) in [5, 5.41) is 0. The van der Waals surface area contributed by atoms with Gasteiger partial charge in [-0.25, -0.2) is 0 Å². The molecule has 0 amide bonds. The molecular formula is C14H14Br2S. The molecule has 1 unspecified atom stereocenters. The lowest BCUT2D eigenvalue weighted by atomic mass is 10.0. The zero-order valence-corrected chi connectivity index (χ0v) is 14.0. The first kappa shape index (κ1) is 13.3. The molecule has 0 aliphatic heterocycles. The van der Waals surface area contributed by atoms with Crippen molar-refractivity contribution in [2.75, 3.05) is 0 Å². The van der Waals surface area contributed by atoms with E-state index in [1.807, 2.05) is 11.3 Å². The van der Waals surface area contributed by atoms with Gasteiger partial charge in [0.2, 0.25) is 0 Å². The highest BCUT2D eigenvalue weighted by Crippen LogP contribution is 2.41. The van der Waals surface area contributed by atoms with E-state index in [-0.39, 0.29) is 4.83 Å². The van der Waals surface area contributed by atoms with Gasteiger partial charge < -0.3 is 0 Å². The summed E-state index contributed by atoms with van der Waals surface area (Å²) in [7, 11) is 0. The van der Waals surface area contributed by atoms with Crippen molar-refractivity contribution in [3.63, 3.8) is 0 Å². The second-order valence-corrected chi connectivity index (χ2v) is 7.35. The molecule has 0 spiro atoms. The number of hydrogen-bond donors (Lipinski definition) is 0. The fraction of sp³-hybridized carbons (Fsp3) is 0.286. The normalized spacial score (nSPS) is 12.8. The highest BCUT2D eigenvalue weighted by Gasteiger charge is 2.18. The minimum absolute atomic E-state index is 0.274. The van der Waals surface area contributed by atoms with Gasteiger partial charge >= 0.3 is 0 Å². The van der Waals surface area contributed by atoms with E-state index in [4.69, 9.17) is 0 Å². The maximum Gasteiger partial charge on any atom is 0.0752 e. The largest absolute Gasteiger partial charge is 0.143 e. The Hall–Kier alpha value is -0.120. The van der Waals surface area contributed by atoms with Gasteiger partial charge in [-0.05, 0) is 53.9 Å². The predicted molar refractivity (Wildman–Crippen MR) is 83.4 cm³/mol. The van der Waals surface area contributed by atoms with Crippen LogP contribution < -0.4 is 0 Å². The Balaban J connectivity index is 2.46. The van der Waals surface area contributed by atoms with Crippen LogP contribution >= 0.6 is 43.2 Å². The Morgan fingerprint density at radius 2 is 1.82 bits per heavy atom. The Morgan fingerprint density at radius 1 is 1.12 bits per heavy atom. The van der Waals surface area contributed by atoms with Gasteiger partial charge in [0.15, 0.2) is 0 Å². The zero-order valence-electron chi connectivity index (χ0n) is 10.1. The third-order valence-corrected chi connectivity index (χ3v) is 6.06. The molecule has 1 atom stereocenters. The molecule has 0 N–H and O–H groups in total. The van der Waals surface area contributed by atoms with Crippen molar-refractivity contribution in [3.05, 3.63) is 55.2 Å². The van der Waals surface area contributed by atoms with Crippen LogP contribution in [0.5, 0.6) is 0 Å². The molecule has 17 heavy (non-hydrogen) atoms. The molecule has 90 valence electrons. The van der Waals surface area contributed by atoms with Crippen molar-refractivity contribution in [2.24, 2.45) is 0 Å². The van der Waals surface area contributed by atoms with Crippen LogP contribution in [0.25, 0.3) is 0 Å². The topological polar surface area (TPSA) is 0 Å². The summed E-state index contributed by atoms with van der Waals surface area (Å²) in [5.74, 6) is 0. The smallest absolute Gasteiger partial charge is 0.0752 e. The number of benzene rings is 1. The van der Waals surface area contributed by atoms with Crippen molar-refractivity contribution >= 4 is 43.2 Å². The molecule has 0 aliphatic carbocycles. The fourth-order valence-electron chi connectivity index (χ4n) is 1.85. The molecule has 0 saturated heterocycles. The first-order valence-corrected chi connectivity index (χ1v) is 7.98. The Labute approximate surface area is 123 Å². The number of thiophene rings is 1. The van der Waals surface area contributed by atoms with Gasteiger partial charge in [0.25, 0.3) is 0 Å². The highest BCUT2D eigenvalue weighted by molar-refractivity contribution is 9.11. The van der Waals surface area contributed by atoms with Crippen LogP contribution in [0, 0.1) is 20.8 Å². The van der Waals surface area contributed by atoms with Gasteiger partial charge in [-0.2, -0.15) is 0 Å². The summed E-state index contributed by atoms with van der Waals surface area (Å²) in [6, 6.07) is 8.79. The van der Waals surface area contributed by atoms with Crippen LogP contribution in [0.15, 0.2) is 28.7 Å². The number of hydrogen-bond acceptors (Lipinski definition) is 1. The molecule has 1 aromatic heterocycles. The lowest BCUT2D eigenvalue weighted by Crippen LogP contribution is -1.95. The maximum absolute atomic E-state index is 3.82. The van der Waals surface area contributed by atoms with E-state index in [9.17, 15) is 0 Å². The van der Waals surface area contributed by atoms with Gasteiger partial charge in [-0.3, -0.25) is 0 Å². The minimum Gasteiger partial charge on any atom is -0.143 e. The monoisotopic (exact) mass is 372 g/mol. The first-order valence-electron chi connectivity index (χ1n) is 5.46. The van der Waals surface area contributed by atoms with Gasteiger partial charge in [0, 0.05) is 14.2 Å². The molecule has 0 aliphatic rings. The number of alkyl halides is 1. The molecule has 0 saturated carbocycles. The highest BCUT2D eigenvalue weighted by atomic mass is 79.9. The molecule has 0 nitrogen and oxygen atoms in total. The van der Waals surface area contributed by atoms with Crippen molar-refractivity contribution in [2.45, 2.75) is 25.6 Å². The van der Waals surface area contributed by atoms with Crippen molar-refractivity contribution in [3.8, 4) is 0 Å². The summed E-state index contributed by atoms with van der Waals surface area (Å²) in [6.45, 7) is 6.44. The number of rotatable bonds is 2. The molecule has 2 rings (SSSR count). The van der Waals surface area contributed by atoms with Crippen LogP contribution in [0.3, 0.4) is 0 Å². The molecule has 2 aromatic rings. The van der Waals surface area contributed by atoms with Gasteiger partial charge in [-0.1, -0.05) is 39.7 Å². The van der Waals surface area contributed by atoms with E-state index in [2.05, 4.69) is 76.9 Å². The average Bonchev–Trinajstić information content (AvgIpc) is 2.60. The Kier molecular flexibility index (Phi) is 4.11. The van der Waals surface area contributed by atoms with E-state index < -0.39 is 0 Å². The molecule has 0 radical (unpaired) electrons. The second kappa shape index (κ2) is 5.25. The number of halogens is 2. The fourth-order valence-corrected chi connectivity index (χ4v) is 5.05. The van der Waals surface area contributed by atoms with Crippen LogP contribution in [0.1, 0.15) is 31.3 Å². The number of aryl methyl sites for hydroxylation is 3. The van der Waals surface area contributed by atoms with Crippen LogP contribution in [-0.2, 0) is 0 Å². The van der Waals surface area contributed by atoms with Crippen molar-refractivity contribution in [1.82, 2.24) is 0 Å². The molecule has 3 heteroatoms.